The Kier molecular flexibility index (Phi) is 4.51. The lowest BCUT2D eigenvalue weighted by atomic mass is 9.97. The molecule has 5 heteroatoms. The lowest BCUT2D eigenvalue weighted by Crippen LogP contribution is -2.47. The number of nitrogens with zero attached hydrogens (tertiary/aromatic N) is 1. The van der Waals surface area contributed by atoms with Crippen LogP contribution in [0.2, 0.25) is 0 Å². The lowest BCUT2D eigenvalue weighted by molar-refractivity contribution is -0.128. The van der Waals surface area contributed by atoms with Crippen molar-refractivity contribution in [2.45, 2.75) is 32.8 Å². The van der Waals surface area contributed by atoms with E-state index in [2.05, 4.69) is 0 Å². The Morgan fingerprint density at radius 1 is 1.47 bits per heavy atom. The van der Waals surface area contributed by atoms with Gasteiger partial charge in [0.1, 0.15) is 5.60 Å². The maximum Gasteiger partial charge on any atom is 0.410 e. The molecular weight excluding hydrogens is 222 g/mol. The summed E-state index contributed by atoms with van der Waals surface area (Å²) in [6.45, 7) is 6.54. The number of carbonyl (C=O) groups is 2. The molecule has 0 N–H and O–H groups in total. The van der Waals surface area contributed by atoms with Crippen molar-refractivity contribution in [2.24, 2.45) is 5.92 Å². The predicted molar refractivity (Wildman–Crippen MR) is 62.8 cm³/mol. The van der Waals surface area contributed by atoms with Gasteiger partial charge < -0.3 is 14.4 Å². The van der Waals surface area contributed by atoms with Gasteiger partial charge >= 0.3 is 6.09 Å². The number of hydrogen-bond acceptors (Lipinski definition) is 4. The van der Waals surface area contributed by atoms with Crippen LogP contribution in [0.4, 0.5) is 4.79 Å². The van der Waals surface area contributed by atoms with Crippen LogP contribution in [0.5, 0.6) is 0 Å². The van der Waals surface area contributed by atoms with Gasteiger partial charge in [0, 0.05) is 19.6 Å². The molecule has 0 spiro atoms. The molecule has 1 amide bonds. The third kappa shape index (κ3) is 4.34. The normalized spacial score (nSPS) is 21.5. The minimum Gasteiger partial charge on any atom is -0.444 e. The molecule has 17 heavy (non-hydrogen) atoms. The number of piperidine rings is 1. The zero-order chi connectivity index (χ0) is 13.1. The Labute approximate surface area is 102 Å². The van der Waals surface area contributed by atoms with Gasteiger partial charge in [0.25, 0.3) is 0 Å². The Balaban J connectivity index is 2.49. The summed E-state index contributed by atoms with van der Waals surface area (Å²) in [6, 6.07) is 0. The van der Waals surface area contributed by atoms with Crippen molar-refractivity contribution in [3.8, 4) is 0 Å². The fraction of sp³-hybridized carbons (Fsp3) is 0.833. The second-order valence-corrected chi connectivity index (χ2v) is 5.31. The van der Waals surface area contributed by atoms with Gasteiger partial charge in [0.05, 0.1) is 13.2 Å². The summed E-state index contributed by atoms with van der Waals surface area (Å²) < 4.78 is 10.2. The molecule has 1 unspecified atom stereocenters. The van der Waals surface area contributed by atoms with Crippen molar-refractivity contribution in [2.75, 3.05) is 26.8 Å². The van der Waals surface area contributed by atoms with Crippen molar-refractivity contribution in [3.63, 3.8) is 0 Å². The molecule has 1 atom stereocenters. The molecule has 0 bridgehead atoms. The molecule has 0 aromatic carbocycles. The standard InChI is InChI=1S/C12H21NO4/c1-12(2,3)17-11(15)13-6-5-9(8-16-4)10(14)7-13/h9H,5-8H2,1-4H3. The smallest absolute Gasteiger partial charge is 0.410 e. The number of ketones is 1. The van der Waals surface area contributed by atoms with E-state index in [1.54, 1.807) is 7.11 Å². The third-order valence-electron chi connectivity index (χ3n) is 2.57. The van der Waals surface area contributed by atoms with Gasteiger partial charge in [-0.1, -0.05) is 0 Å². The molecule has 0 aromatic heterocycles. The monoisotopic (exact) mass is 243 g/mol. The van der Waals surface area contributed by atoms with Gasteiger partial charge in [-0.3, -0.25) is 4.79 Å². The maximum atomic E-state index is 11.7. The van der Waals surface area contributed by atoms with E-state index in [-0.39, 0.29) is 18.2 Å². The Hall–Kier alpha value is -1.10. The molecular formula is C12H21NO4. The van der Waals surface area contributed by atoms with Crippen molar-refractivity contribution >= 4 is 11.9 Å². The molecule has 1 aliphatic heterocycles. The Morgan fingerprint density at radius 2 is 2.12 bits per heavy atom. The fourth-order valence-corrected chi connectivity index (χ4v) is 1.73. The molecule has 1 heterocycles. The summed E-state index contributed by atoms with van der Waals surface area (Å²) in [7, 11) is 1.58. The number of likely N-dealkylation sites (tertiary alicyclic amines) is 1. The van der Waals surface area contributed by atoms with Crippen LogP contribution in [0.15, 0.2) is 0 Å². The maximum absolute atomic E-state index is 11.7. The third-order valence-corrected chi connectivity index (χ3v) is 2.57. The summed E-state index contributed by atoms with van der Waals surface area (Å²) in [5.74, 6) is -0.0392. The molecule has 1 saturated heterocycles. The van der Waals surface area contributed by atoms with Gasteiger partial charge in [-0.2, -0.15) is 0 Å². The van der Waals surface area contributed by atoms with Gasteiger partial charge in [-0.05, 0) is 27.2 Å². The molecule has 0 aliphatic carbocycles. The molecule has 1 fully saturated rings. The number of carbonyl (C=O) groups excluding carboxylic acids is 2. The minimum absolute atomic E-state index is 0.0453. The largest absolute Gasteiger partial charge is 0.444 e. The van der Waals surface area contributed by atoms with Gasteiger partial charge in [-0.25, -0.2) is 4.79 Å². The van der Waals surface area contributed by atoms with E-state index in [9.17, 15) is 9.59 Å². The van der Waals surface area contributed by atoms with E-state index < -0.39 is 11.7 Å². The van der Waals surface area contributed by atoms with Crippen LogP contribution in [-0.4, -0.2) is 49.2 Å². The van der Waals surface area contributed by atoms with E-state index in [4.69, 9.17) is 9.47 Å². The van der Waals surface area contributed by atoms with Gasteiger partial charge in [0.2, 0.25) is 0 Å². The van der Waals surface area contributed by atoms with Crippen LogP contribution < -0.4 is 0 Å². The van der Waals surface area contributed by atoms with Gasteiger partial charge in [-0.15, -0.1) is 0 Å². The quantitative estimate of drug-likeness (QED) is 0.736. The molecule has 1 rings (SSSR count). The molecule has 0 radical (unpaired) electrons. The minimum atomic E-state index is -0.524. The molecule has 5 nitrogen and oxygen atoms in total. The van der Waals surface area contributed by atoms with E-state index in [0.717, 1.165) is 0 Å². The van der Waals surface area contributed by atoms with Crippen molar-refractivity contribution in [1.82, 2.24) is 4.90 Å². The van der Waals surface area contributed by atoms with Gasteiger partial charge in [0.15, 0.2) is 5.78 Å². The average molecular weight is 243 g/mol. The number of Topliss-reactive ketones (excluding diaryl/α,β-unsaturated/α-hetero) is 1. The summed E-state index contributed by atoms with van der Waals surface area (Å²) in [4.78, 5) is 24.9. The average Bonchev–Trinajstić information content (AvgIpc) is 2.18. The zero-order valence-corrected chi connectivity index (χ0v) is 11.0. The highest BCUT2D eigenvalue weighted by Crippen LogP contribution is 2.17. The second-order valence-electron chi connectivity index (χ2n) is 5.31. The van der Waals surface area contributed by atoms with Crippen LogP contribution in [0, 0.1) is 5.92 Å². The summed E-state index contributed by atoms with van der Waals surface area (Å²) in [6.07, 6.45) is 0.230. The number of ether oxygens (including phenoxy) is 2. The highest BCUT2D eigenvalue weighted by atomic mass is 16.6. The van der Waals surface area contributed by atoms with Crippen LogP contribution >= 0.6 is 0 Å². The zero-order valence-electron chi connectivity index (χ0n) is 11.0. The topological polar surface area (TPSA) is 55.8 Å². The molecule has 0 aromatic rings. The van der Waals surface area contributed by atoms with E-state index in [1.807, 2.05) is 20.8 Å². The van der Waals surface area contributed by atoms with Crippen molar-refractivity contribution < 1.29 is 19.1 Å². The van der Waals surface area contributed by atoms with E-state index >= 15 is 0 Å². The van der Waals surface area contributed by atoms with Crippen LogP contribution in [0.3, 0.4) is 0 Å². The first-order chi connectivity index (χ1) is 7.83. The van der Waals surface area contributed by atoms with Crippen LogP contribution in [0.1, 0.15) is 27.2 Å². The Bertz CT molecular complexity index is 295. The fourth-order valence-electron chi connectivity index (χ4n) is 1.73. The number of amides is 1. The summed E-state index contributed by atoms with van der Waals surface area (Å²) in [5.41, 5.74) is -0.524. The van der Waals surface area contributed by atoms with E-state index in [1.165, 1.54) is 4.90 Å². The summed E-state index contributed by atoms with van der Waals surface area (Å²) >= 11 is 0. The number of hydrogen-bond donors (Lipinski definition) is 0. The van der Waals surface area contributed by atoms with Crippen molar-refractivity contribution in [3.05, 3.63) is 0 Å². The highest BCUT2D eigenvalue weighted by molar-refractivity contribution is 5.87. The van der Waals surface area contributed by atoms with Crippen molar-refractivity contribution in [1.29, 1.82) is 0 Å². The first-order valence-electron chi connectivity index (χ1n) is 5.83. The first-order valence-corrected chi connectivity index (χ1v) is 5.83. The first kappa shape index (κ1) is 14.0. The second kappa shape index (κ2) is 5.49. The van der Waals surface area contributed by atoms with Crippen LogP contribution in [-0.2, 0) is 14.3 Å². The SMILES string of the molecule is COCC1CCN(C(=O)OC(C)(C)C)CC1=O. The van der Waals surface area contributed by atoms with Crippen LogP contribution in [0.25, 0.3) is 0 Å². The molecule has 0 saturated carbocycles. The molecule has 98 valence electrons. The molecule has 1 aliphatic rings. The van der Waals surface area contributed by atoms with E-state index in [0.29, 0.717) is 19.6 Å². The Morgan fingerprint density at radius 3 is 2.59 bits per heavy atom. The number of rotatable bonds is 2. The number of methoxy groups -OCH3 is 1. The lowest BCUT2D eigenvalue weighted by Gasteiger charge is -2.32. The summed E-state index contributed by atoms with van der Waals surface area (Å²) in [5, 5.41) is 0. The predicted octanol–water partition coefficient (Wildman–Crippen LogP) is 1.46. The highest BCUT2D eigenvalue weighted by Gasteiger charge is 2.31.